The molecule has 0 aliphatic carbocycles. The zero-order valence-electron chi connectivity index (χ0n) is 19.9. The zero-order chi connectivity index (χ0) is 25.2. The molecule has 2 aliphatic rings. The Balaban J connectivity index is 1.30. The summed E-state index contributed by atoms with van der Waals surface area (Å²) in [5.74, 6) is 2.39. The molecule has 13 heteroatoms. The summed E-state index contributed by atoms with van der Waals surface area (Å²) in [5.41, 5.74) is 13.3. The maximum Gasteiger partial charge on any atom is 0.231 e. The highest BCUT2D eigenvalue weighted by Gasteiger charge is 2.25. The molecule has 2 aromatic heterocycles. The van der Waals surface area contributed by atoms with Crippen molar-refractivity contribution in [1.82, 2.24) is 29.7 Å². The van der Waals surface area contributed by atoms with Crippen molar-refractivity contribution in [3.05, 3.63) is 22.9 Å². The van der Waals surface area contributed by atoms with Gasteiger partial charge in [0.25, 0.3) is 0 Å². The normalized spacial score (nSPS) is 16.6. The molecule has 0 bridgehead atoms. The molecular formula is C23H29BrN8O3S. The van der Waals surface area contributed by atoms with Gasteiger partial charge in [0, 0.05) is 29.0 Å². The third kappa shape index (κ3) is 5.24. The van der Waals surface area contributed by atoms with Crippen LogP contribution in [0.15, 0.2) is 33.0 Å². The van der Waals surface area contributed by atoms with Gasteiger partial charge in [-0.15, -0.1) is 0 Å². The number of nitrogens with one attached hydrogen (secondary N) is 1. The molecule has 5 N–H and O–H groups in total. The number of carbonyl (C=O) groups excluding carboxylic acids is 1. The maximum absolute atomic E-state index is 12.5. The first-order valence-corrected chi connectivity index (χ1v) is 13.5. The number of aryl methyl sites for hydroxylation is 1. The number of likely N-dealkylation sites (tertiary alicyclic amines) is 1. The second-order valence-electron chi connectivity index (χ2n) is 8.93. The van der Waals surface area contributed by atoms with Gasteiger partial charge in [-0.25, -0.2) is 15.0 Å². The molecule has 1 amide bonds. The Bertz CT molecular complexity index is 1260. The largest absolute Gasteiger partial charge is 0.454 e. The Hall–Kier alpha value is -2.61. The molecule has 4 heterocycles. The van der Waals surface area contributed by atoms with Crippen molar-refractivity contribution in [1.29, 1.82) is 0 Å². The van der Waals surface area contributed by atoms with Crippen LogP contribution in [0.5, 0.6) is 11.5 Å². The van der Waals surface area contributed by atoms with Gasteiger partial charge in [0.15, 0.2) is 33.6 Å². The summed E-state index contributed by atoms with van der Waals surface area (Å²) in [6, 6.07) is 3.85. The van der Waals surface area contributed by atoms with Crippen LogP contribution in [0.1, 0.15) is 25.7 Å². The first-order chi connectivity index (χ1) is 17.4. The van der Waals surface area contributed by atoms with Gasteiger partial charge in [-0.3, -0.25) is 4.79 Å². The summed E-state index contributed by atoms with van der Waals surface area (Å²) in [4.78, 5) is 28.7. The van der Waals surface area contributed by atoms with E-state index in [1.165, 1.54) is 18.1 Å². The van der Waals surface area contributed by atoms with Crippen LogP contribution in [0.2, 0.25) is 0 Å². The van der Waals surface area contributed by atoms with E-state index in [4.69, 9.17) is 25.9 Å². The van der Waals surface area contributed by atoms with Crippen molar-refractivity contribution in [2.45, 2.75) is 48.4 Å². The molecule has 2 aliphatic heterocycles. The lowest BCUT2D eigenvalue weighted by molar-refractivity contribution is -0.133. The van der Waals surface area contributed by atoms with E-state index < -0.39 is 0 Å². The smallest absolute Gasteiger partial charge is 0.231 e. The van der Waals surface area contributed by atoms with E-state index in [0.29, 0.717) is 35.2 Å². The molecule has 1 saturated heterocycles. The Morgan fingerprint density at radius 3 is 2.78 bits per heavy atom. The number of fused-ring (bicyclic) bond motifs is 2. The number of nitrogens with two attached hydrogens (primary N) is 2. The minimum absolute atomic E-state index is 0.107. The van der Waals surface area contributed by atoms with Gasteiger partial charge in [-0.05, 0) is 60.3 Å². The van der Waals surface area contributed by atoms with Crippen LogP contribution in [0, 0.1) is 5.92 Å². The summed E-state index contributed by atoms with van der Waals surface area (Å²) < 4.78 is 14.0. The van der Waals surface area contributed by atoms with Crippen LogP contribution in [-0.4, -0.2) is 63.4 Å². The lowest BCUT2D eigenvalue weighted by Crippen LogP contribution is -2.44. The Morgan fingerprint density at radius 2 is 2.03 bits per heavy atom. The second-order valence-corrected chi connectivity index (χ2v) is 10.8. The molecule has 192 valence electrons. The third-order valence-corrected chi connectivity index (χ3v) is 8.62. The first-order valence-electron chi connectivity index (χ1n) is 11.9. The molecule has 5 rings (SSSR count). The number of hydrogen-bond acceptors (Lipinski definition) is 10. The number of ether oxygens (including phenoxy) is 2. The molecule has 1 unspecified atom stereocenters. The van der Waals surface area contributed by atoms with Crippen LogP contribution >= 0.6 is 27.7 Å². The standard InChI is InChI=1S/C23H29BrN8O3S/c1-27-18(25)10-19(33)31-5-2-13(3-6-31)4-7-32-22-20(21(26)28-11-29-22)30-23(32)36-17-9-16-15(8-14(17)24)34-12-35-16/h8-9,11,13,18,27H,2-7,10,12,25H2,1H3,(H2,26,28,29). The van der Waals surface area contributed by atoms with E-state index in [1.807, 2.05) is 17.0 Å². The molecule has 0 saturated carbocycles. The van der Waals surface area contributed by atoms with Crippen molar-refractivity contribution >= 4 is 50.6 Å². The molecule has 36 heavy (non-hydrogen) atoms. The minimum Gasteiger partial charge on any atom is -0.454 e. The summed E-state index contributed by atoms with van der Waals surface area (Å²) in [6.45, 7) is 2.46. The zero-order valence-corrected chi connectivity index (χ0v) is 22.3. The highest BCUT2D eigenvalue weighted by atomic mass is 79.9. The molecule has 0 radical (unpaired) electrons. The van der Waals surface area contributed by atoms with Crippen molar-refractivity contribution in [3.8, 4) is 11.5 Å². The number of nitrogen functional groups attached to an aromatic ring is 1. The quantitative estimate of drug-likeness (QED) is 0.342. The topological polar surface area (TPSA) is 146 Å². The van der Waals surface area contributed by atoms with E-state index in [2.05, 4.69) is 35.8 Å². The number of rotatable bonds is 8. The van der Waals surface area contributed by atoms with E-state index in [-0.39, 0.29) is 18.9 Å². The Kier molecular flexibility index (Phi) is 7.51. The average molecular weight is 578 g/mol. The number of hydrogen-bond donors (Lipinski definition) is 3. The lowest BCUT2D eigenvalue weighted by Gasteiger charge is -2.32. The van der Waals surface area contributed by atoms with Crippen LogP contribution in [0.25, 0.3) is 11.2 Å². The highest BCUT2D eigenvalue weighted by Crippen LogP contribution is 2.43. The van der Waals surface area contributed by atoms with Crippen molar-refractivity contribution in [3.63, 3.8) is 0 Å². The van der Waals surface area contributed by atoms with Crippen LogP contribution in [0.4, 0.5) is 5.82 Å². The molecule has 0 spiro atoms. The number of imidazole rings is 1. The van der Waals surface area contributed by atoms with E-state index in [1.54, 1.807) is 7.05 Å². The number of benzene rings is 1. The third-order valence-electron chi connectivity index (χ3n) is 6.65. The van der Waals surface area contributed by atoms with Gasteiger partial charge in [-0.1, -0.05) is 11.8 Å². The van der Waals surface area contributed by atoms with Crippen LogP contribution in [-0.2, 0) is 11.3 Å². The summed E-state index contributed by atoms with van der Waals surface area (Å²) >= 11 is 5.15. The summed E-state index contributed by atoms with van der Waals surface area (Å²) in [6.07, 6.45) is 4.35. The molecule has 1 fully saturated rings. The van der Waals surface area contributed by atoms with Gasteiger partial charge >= 0.3 is 0 Å². The van der Waals surface area contributed by atoms with Crippen molar-refractivity contribution in [2.75, 3.05) is 32.7 Å². The molecule has 3 aromatic rings. The number of nitrogens with zero attached hydrogens (tertiary/aromatic N) is 5. The molecule has 11 nitrogen and oxygen atoms in total. The van der Waals surface area contributed by atoms with E-state index >= 15 is 0 Å². The monoisotopic (exact) mass is 576 g/mol. The van der Waals surface area contributed by atoms with Crippen LogP contribution in [0.3, 0.4) is 0 Å². The number of carbonyl (C=O) groups is 1. The van der Waals surface area contributed by atoms with Gasteiger partial charge in [0.05, 0.1) is 12.6 Å². The SMILES string of the molecule is CNC(N)CC(=O)N1CCC(CCn2c(Sc3cc4c(cc3Br)OCO4)nc3c(N)ncnc32)CC1. The average Bonchev–Trinajstić information content (AvgIpc) is 3.47. The number of halogens is 1. The fourth-order valence-corrected chi connectivity index (χ4v) is 6.00. The fourth-order valence-electron chi connectivity index (χ4n) is 4.49. The molecule has 1 aromatic carbocycles. The van der Waals surface area contributed by atoms with E-state index in [0.717, 1.165) is 59.1 Å². The molecule has 1 atom stereocenters. The van der Waals surface area contributed by atoms with Gasteiger partial charge in [0.2, 0.25) is 12.7 Å². The van der Waals surface area contributed by atoms with Gasteiger partial charge < -0.3 is 35.7 Å². The van der Waals surface area contributed by atoms with Gasteiger partial charge in [-0.2, -0.15) is 0 Å². The number of anilines is 1. The minimum atomic E-state index is -0.306. The first kappa shape index (κ1) is 25.1. The Morgan fingerprint density at radius 1 is 1.28 bits per heavy atom. The Labute approximate surface area is 221 Å². The van der Waals surface area contributed by atoms with E-state index in [9.17, 15) is 4.79 Å². The van der Waals surface area contributed by atoms with Crippen molar-refractivity contribution in [2.24, 2.45) is 11.7 Å². The number of piperidine rings is 1. The predicted molar refractivity (Wildman–Crippen MR) is 140 cm³/mol. The maximum atomic E-state index is 12.5. The van der Waals surface area contributed by atoms with Crippen LogP contribution < -0.4 is 26.3 Å². The number of amides is 1. The van der Waals surface area contributed by atoms with Crippen molar-refractivity contribution < 1.29 is 14.3 Å². The summed E-state index contributed by atoms with van der Waals surface area (Å²) in [5, 5.41) is 3.70. The lowest BCUT2D eigenvalue weighted by atomic mass is 9.93. The molecular weight excluding hydrogens is 548 g/mol. The second kappa shape index (κ2) is 10.8. The fraction of sp³-hybridized carbons (Fsp3) is 0.478. The summed E-state index contributed by atoms with van der Waals surface area (Å²) in [7, 11) is 1.76. The highest BCUT2D eigenvalue weighted by molar-refractivity contribution is 9.10. The number of aromatic nitrogens is 4. The van der Waals surface area contributed by atoms with Gasteiger partial charge in [0.1, 0.15) is 6.33 Å². The predicted octanol–water partition coefficient (Wildman–Crippen LogP) is 2.57.